The summed E-state index contributed by atoms with van der Waals surface area (Å²) in [5, 5.41) is 13.3. The van der Waals surface area contributed by atoms with Crippen LogP contribution >= 0.6 is 0 Å². The highest BCUT2D eigenvalue weighted by atomic mass is 32.2. The summed E-state index contributed by atoms with van der Waals surface area (Å²) in [5.41, 5.74) is -0.326. The Labute approximate surface area is 115 Å². The van der Waals surface area contributed by atoms with Crippen LogP contribution in [0.4, 0.5) is 5.69 Å². The van der Waals surface area contributed by atoms with Crippen LogP contribution in [-0.4, -0.2) is 31.9 Å². The minimum atomic E-state index is -3.27. The van der Waals surface area contributed by atoms with Crippen LogP contribution in [-0.2, 0) is 9.84 Å². The molecule has 4 nitrogen and oxygen atoms in total. The molecule has 0 bridgehead atoms. The number of sulfone groups is 1. The van der Waals surface area contributed by atoms with Gasteiger partial charge in [0, 0.05) is 12.8 Å². The lowest BCUT2D eigenvalue weighted by molar-refractivity contribution is 0.0515. The minimum Gasteiger partial charge on any atom is -0.388 e. The fourth-order valence-corrected chi connectivity index (χ4v) is 3.04. The van der Waals surface area contributed by atoms with Gasteiger partial charge in [0.05, 0.1) is 16.2 Å². The lowest BCUT2D eigenvalue weighted by Crippen LogP contribution is -2.35. The number of aliphatic hydroxyl groups is 1. The molecule has 0 aliphatic rings. The lowest BCUT2D eigenvalue weighted by atomic mass is 9.94. The fourth-order valence-electron chi connectivity index (χ4n) is 2.17. The van der Waals surface area contributed by atoms with Gasteiger partial charge in [-0.05, 0) is 31.4 Å². The van der Waals surface area contributed by atoms with E-state index in [-0.39, 0.29) is 4.90 Å². The number of hydrogen-bond acceptors (Lipinski definition) is 4. The zero-order valence-corrected chi connectivity index (χ0v) is 12.8. The summed E-state index contributed by atoms with van der Waals surface area (Å²) in [6.45, 7) is 6.15. The molecule has 0 heterocycles. The van der Waals surface area contributed by atoms with Gasteiger partial charge in [-0.2, -0.15) is 0 Å². The quantitative estimate of drug-likeness (QED) is 0.841. The third-order valence-corrected chi connectivity index (χ3v) is 3.95. The van der Waals surface area contributed by atoms with E-state index in [1.165, 1.54) is 6.26 Å². The molecule has 2 N–H and O–H groups in total. The fraction of sp³-hybridized carbons (Fsp3) is 0.571. The van der Waals surface area contributed by atoms with Crippen LogP contribution in [0.15, 0.2) is 29.2 Å². The molecule has 0 fully saturated rings. The Morgan fingerprint density at radius 1 is 1.32 bits per heavy atom. The Kier molecular flexibility index (Phi) is 4.98. The third-order valence-electron chi connectivity index (χ3n) is 2.79. The molecule has 0 aliphatic carbocycles. The van der Waals surface area contributed by atoms with Crippen molar-refractivity contribution in [1.29, 1.82) is 0 Å². The first kappa shape index (κ1) is 16.0. The molecule has 0 amide bonds. The van der Waals surface area contributed by atoms with Crippen LogP contribution in [0.25, 0.3) is 0 Å². The van der Waals surface area contributed by atoms with Crippen LogP contribution in [0.5, 0.6) is 0 Å². The predicted molar refractivity (Wildman–Crippen MR) is 78.1 cm³/mol. The van der Waals surface area contributed by atoms with Crippen molar-refractivity contribution in [3.63, 3.8) is 0 Å². The van der Waals surface area contributed by atoms with E-state index in [1.807, 2.05) is 13.8 Å². The summed E-state index contributed by atoms with van der Waals surface area (Å²) in [7, 11) is -3.27. The molecule has 108 valence electrons. The molecule has 1 rings (SSSR count). The summed E-state index contributed by atoms with van der Waals surface area (Å²) in [4.78, 5) is 0.260. The van der Waals surface area contributed by atoms with Crippen LogP contribution in [0.2, 0.25) is 0 Å². The second-order valence-electron chi connectivity index (χ2n) is 5.72. The van der Waals surface area contributed by atoms with Gasteiger partial charge in [0.1, 0.15) is 0 Å². The van der Waals surface area contributed by atoms with Gasteiger partial charge < -0.3 is 10.4 Å². The molecular weight excluding hydrogens is 262 g/mol. The first-order chi connectivity index (χ1) is 8.62. The Morgan fingerprint density at radius 3 is 2.42 bits per heavy atom. The summed E-state index contributed by atoms with van der Waals surface area (Å²) >= 11 is 0. The van der Waals surface area contributed by atoms with Gasteiger partial charge in [0.2, 0.25) is 0 Å². The Balaban J connectivity index is 2.85. The van der Waals surface area contributed by atoms with Gasteiger partial charge in [-0.1, -0.05) is 26.0 Å². The number of rotatable bonds is 6. The molecule has 1 atom stereocenters. The average molecular weight is 285 g/mol. The Hall–Kier alpha value is -1.07. The maximum atomic E-state index is 11.7. The van der Waals surface area contributed by atoms with Gasteiger partial charge in [0.25, 0.3) is 0 Å². The van der Waals surface area contributed by atoms with Gasteiger partial charge in [-0.15, -0.1) is 0 Å². The molecule has 1 aromatic carbocycles. The maximum Gasteiger partial charge on any atom is 0.177 e. The van der Waals surface area contributed by atoms with Gasteiger partial charge in [0.15, 0.2) is 9.84 Å². The SMILES string of the molecule is CC(C)CC(C)(O)CNc1ccccc1S(C)(=O)=O. The molecule has 1 aromatic rings. The summed E-state index contributed by atoms with van der Waals surface area (Å²) in [5.74, 6) is 0.377. The van der Waals surface area contributed by atoms with Crippen molar-refractivity contribution in [1.82, 2.24) is 0 Å². The lowest BCUT2D eigenvalue weighted by Gasteiger charge is -2.26. The average Bonchev–Trinajstić information content (AvgIpc) is 2.24. The van der Waals surface area contributed by atoms with E-state index in [0.29, 0.717) is 24.6 Å². The van der Waals surface area contributed by atoms with E-state index >= 15 is 0 Å². The highest BCUT2D eigenvalue weighted by Gasteiger charge is 2.22. The second kappa shape index (κ2) is 5.92. The van der Waals surface area contributed by atoms with Crippen LogP contribution < -0.4 is 5.32 Å². The van der Waals surface area contributed by atoms with Gasteiger partial charge in [-0.25, -0.2) is 8.42 Å². The Morgan fingerprint density at radius 2 is 1.89 bits per heavy atom. The molecule has 0 spiro atoms. The molecule has 19 heavy (non-hydrogen) atoms. The zero-order chi connectivity index (χ0) is 14.7. The molecule has 0 saturated heterocycles. The summed E-state index contributed by atoms with van der Waals surface area (Å²) < 4.78 is 23.3. The monoisotopic (exact) mass is 285 g/mol. The molecule has 0 aliphatic heterocycles. The van der Waals surface area contributed by atoms with Crippen LogP contribution in [0.3, 0.4) is 0 Å². The summed E-state index contributed by atoms with van der Waals surface area (Å²) in [6.07, 6.45) is 1.83. The van der Waals surface area contributed by atoms with Crippen molar-refractivity contribution >= 4 is 15.5 Å². The molecular formula is C14H23NO3S. The molecule has 0 radical (unpaired) electrons. The van der Waals surface area contributed by atoms with Crippen molar-refractivity contribution in [3.8, 4) is 0 Å². The van der Waals surface area contributed by atoms with Crippen molar-refractivity contribution in [3.05, 3.63) is 24.3 Å². The first-order valence-electron chi connectivity index (χ1n) is 6.37. The molecule has 0 aromatic heterocycles. The highest BCUT2D eigenvalue weighted by Crippen LogP contribution is 2.23. The van der Waals surface area contributed by atoms with E-state index in [4.69, 9.17) is 0 Å². The minimum absolute atomic E-state index is 0.260. The highest BCUT2D eigenvalue weighted by molar-refractivity contribution is 7.90. The third kappa shape index (κ3) is 5.20. The number of nitrogens with one attached hydrogen (secondary N) is 1. The zero-order valence-electron chi connectivity index (χ0n) is 12.0. The molecule has 1 unspecified atom stereocenters. The smallest absolute Gasteiger partial charge is 0.177 e. The van der Waals surface area contributed by atoms with Crippen molar-refractivity contribution in [2.24, 2.45) is 5.92 Å². The number of para-hydroxylation sites is 1. The largest absolute Gasteiger partial charge is 0.388 e. The molecule has 0 saturated carbocycles. The van der Waals surface area contributed by atoms with Crippen molar-refractivity contribution in [2.75, 3.05) is 18.1 Å². The van der Waals surface area contributed by atoms with Gasteiger partial charge >= 0.3 is 0 Å². The van der Waals surface area contributed by atoms with E-state index < -0.39 is 15.4 Å². The molecule has 5 heteroatoms. The standard InChI is InChI=1S/C14H23NO3S/c1-11(2)9-14(3,16)10-15-12-7-5-6-8-13(12)19(4,17)18/h5-8,11,15-16H,9-10H2,1-4H3. The van der Waals surface area contributed by atoms with Crippen molar-refractivity contribution in [2.45, 2.75) is 37.7 Å². The number of anilines is 1. The number of hydrogen-bond donors (Lipinski definition) is 2. The predicted octanol–water partition coefficient (Wildman–Crippen LogP) is 2.30. The number of benzene rings is 1. The topological polar surface area (TPSA) is 66.4 Å². The van der Waals surface area contributed by atoms with E-state index in [1.54, 1.807) is 31.2 Å². The van der Waals surface area contributed by atoms with E-state index in [9.17, 15) is 13.5 Å². The van der Waals surface area contributed by atoms with E-state index in [2.05, 4.69) is 5.32 Å². The first-order valence-corrected chi connectivity index (χ1v) is 8.26. The van der Waals surface area contributed by atoms with Crippen molar-refractivity contribution < 1.29 is 13.5 Å². The second-order valence-corrected chi connectivity index (χ2v) is 7.70. The normalized spacial score (nSPS) is 15.3. The van der Waals surface area contributed by atoms with Crippen LogP contribution in [0.1, 0.15) is 27.2 Å². The summed E-state index contributed by atoms with van der Waals surface area (Å²) in [6, 6.07) is 6.73. The van der Waals surface area contributed by atoms with E-state index in [0.717, 1.165) is 0 Å². The van der Waals surface area contributed by atoms with Crippen LogP contribution in [0, 0.1) is 5.92 Å². The Bertz CT molecular complexity index is 521. The van der Waals surface area contributed by atoms with Gasteiger partial charge in [-0.3, -0.25) is 0 Å². The maximum absolute atomic E-state index is 11.7.